The zero-order valence-corrected chi connectivity index (χ0v) is 23.7. The van der Waals surface area contributed by atoms with Gasteiger partial charge in [0.1, 0.15) is 11.3 Å². The number of carbonyl (C=O) groups is 1. The van der Waals surface area contributed by atoms with Gasteiger partial charge in [-0.3, -0.25) is 14.9 Å². The third-order valence-electron chi connectivity index (χ3n) is 6.77. The highest BCUT2D eigenvalue weighted by Gasteiger charge is 2.30. The van der Waals surface area contributed by atoms with Gasteiger partial charge >= 0.3 is 6.09 Å². The lowest BCUT2D eigenvalue weighted by molar-refractivity contribution is 0.0635. The number of ether oxygens (including phenoxy) is 3. The molecule has 0 bridgehead atoms. The molecule has 0 radical (unpaired) electrons. The molecule has 3 N–H and O–H groups in total. The molecule has 11 heteroatoms. The first-order valence-corrected chi connectivity index (χ1v) is 12.8. The summed E-state index contributed by atoms with van der Waals surface area (Å²) in [7, 11) is 3.36. The molecule has 1 amide bonds. The number of aromatic nitrogens is 2. The summed E-state index contributed by atoms with van der Waals surface area (Å²) in [5.74, 6) is 0. The van der Waals surface area contributed by atoms with Crippen molar-refractivity contribution >= 4 is 29.9 Å². The zero-order chi connectivity index (χ0) is 27.2. The number of amides is 1. The van der Waals surface area contributed by atoms with Gasteiger partial charge in [0.25, 0.3) is 11.1 Å². The number of methoxy groups -OCH3 is 2. The molecule has 10 nitrogen and oxygen atoms in total. The quantitative estimate of drug-likeness (QED) is 0.558. The summed E-state index contributed by atoms with van der Waals surface area (Å²) in [6.45, 7) is 5.33. The number of hydrogen-bond acceptors (Lipinski definition) is 7. The number of nitrogens with one attached hydrogen (secondary N) is 1. The van der Waals surface area contributed by atoms with E-state index in [4.69, 9.17) is 19.9 Å². The summed E-state index contributed by atoms with van der Waals surface area (Å²) in [6.07, 6.45) is 9.06. The average Bonchev–Trinajstić information content (AvgIpc) is 3.51. The van der Waals surface area contributed by atoms with Gasteiger partial charge < -0.3 is 29.1 Å². The number of carbonyl (C=O) groups excluding carboxylic acids is 1. The highest BCUT2D eigenvalue weighted by molar-refractivity contribution is 5.85. The Labute approximate surface area is 229 Å². The molecule has 2 aromatic rings. The monoisotopic (exact) mass is 552 g/mol. The first-order chi connectivity index (χ1) is 17.6. The third kappa shape index (κ3) is 7.85. The van der Waals surface area contributed by atoms with Crippen molar-refractivity contribution in [2.45, 2.75) is 89.2 Å². The summed E-state index contributed by atoms with van der Waals surface area (Å²) in [5, 5.41) is 2.53. The normalized spacial score (nSPS) is 22.7. The second kappa shape index (κ2) is 13.8. The van der Waals surface area contributed by atoms with Crippen LogP contribution in [0.15, 0.2) is 46.2 Å². The zero-order valence-electron chi connectivity index (χ0n) is 22.8. The van der Waals surface area contributed by atoms with Gasteiger partial charge in [0.2, 0.25) is 0 Å². The Bertz CT molecular complexity index is 1180. The van der Waals surface area contributed by atoms with Crippen molar-refractivity contribution < 1.29 is 19.0 Å². The molecule has 0 aliphatic heterocycles. The fourth-order valence-corrected chi connectivity index (χ4v) is 5.07. The predicted molar refractivity (Wildman–Crippen MR) is 150 cm³/mol. The summed E-state index contributed by atoms with van der Waals surface area (Å²) in [6, 6.07) is 6.93. The van der Waals surface area contributed by atoms with Crippen molar-refractivity contribution in [2.75, 3.05) is 25.3 Å². The maximum atomic E-state index is 12.6. The van der Waals surface area contributed by atoms with E-state index in [1.165, 1.54) is 0 Å². The minimum absolute atomic E-state index is 0. The van der Waals surface area contributed by atoms with Gasteiger partial charge in [-0.05, 0) is 83.6 Å². The van der Waals surface area contributed by atoms with Gasteiger partial charge in [-0.15, -0.1) is 12.4 Å². The van der Waals surface area contributed by atoms with Crippen molar-refractivity contribution in [2.24, 2.45) is 0 Å². The van der Waals surface area contributed by atoms with E-state index in [2.05, 4.69) is 5.32 Å². The summed E-state index contributed by atoms with van der Waals surface area (Å²) in [5.41, 5.74) is 5.18. The molecule has 0 saturated heterocycles. The number of rotatable bonds is 5. The molecule has 2 aliphatic rings. The molecule has 2 heterocycles. The van der Waals surface area contributed by atoms with Crippen LogP contribution in [0, 0.1) is 0 Å². The van der Waals surface area contributed by atoms with Crippen LogP contribution < -0.4 is 22.2 Å². The van der Waals surface area contributed by atoms with Gasteiger partial charge in [-0.2, -0.15) is 0 Å². The largest absolute Gasteiger partial charge is 0.444 e. The average molecular weight is 553 g/mol. The molecule has 0 spiro atoms. The molecule has 2 aromatic heterocycles. The number of halogens is 1. The van der Waals surface area contributed by atoms with Gasteiger partial charge in [0, 0.05) is 26.6 Å². The SMILES string of the molecule is CO[C@@H]1CCCC1n1cccc(N)c1=O.CO[C@@H]1CCCC1n1cccc(NC(=O)OC(C)(C)C)c1=O.Cl. The lowest BCUT2D eigenvalue weighted by atomic mass is 10.2. The molecule has 212 valence electrons. The molecule has 2 unspecified atom stereocenters. The summed E-state index contributed by atoms with van der Waals surface area (Å²) >= 11 is 0. The molecule has 2 saturated carbocycles. The van der Waals surface area contributed by atoms with E-state index in [0.717, 1.165) is 38.5 Å². The van der Waals surface area contributed by atoms with Gasteiger partial charge in [-0.25, -0.2) is 4.79 Å². The number of nitrogen functional groups attached to an aromatic ring is 1. The van der Waals surface area contributed by atoms with Crippen molar-refractivity contribution in [1.82, 2.24) is 9.13 Å². The Hall–Kier alpha value is -2.82. The van der Waals surface area contributed by atoms with Gasteiger partial charge in [0.05, 0.1) is 30.0 Å². The number of nitrogens with zero attached hydrogens (tertiary/aromatic N) is 2. The Morgan fingerprint density at radius 2 is 1.39 bits per heavy atom. The van der Waals surface area contributed by atoms with E-state index < -0.39 is 11.7 Å². The van der Waals surface area contributed by atoms with Crippen LogP contribution in [0.5, 0.6) is 0 Å². The van der Waals surface area contributed by atoms with Crippen molar-refractivity contribution in [1.29, 1.82) is 0 Å². The lowest BCUT2D eigenvalue weighted by Crippen LogP contribution is -2.33. The van der Waals surface area contributed by atoms with Crippen LogP contribution in [0.25, 0.3) is 0 Å². The predicted octanol–water partition coefficient (Wildman–Crippen LogP) is 4.53. The highest BCUT2D eigenvalue weighted by Crippen LogP contribution is 2.32. The standard InChI is InChI=1S/C16H24N2O4.C11H16N2O2.ClH/c1-16(2,3)22-15(20)17-11-7-6-10-18(14(11)19)12-8-5-9-13(12)21-4;1-15-10-6-2-5-9(10)13-7-3-4-8(12)11(13)14;/h6-7,10,12-13H,5,8-9H2,1-4H3,(H,17,20);3-4,7,9-10H,2,5-6,12H2,1H3;1H/t12?,13-;9?,10-;/m11./s1. The first kappa shape index (κ1) is 31.4. The highest BCUT2D eigenvalue weighted by atomic mass is 35.5. The molecule has 0 aromatic carbocycles. The molecule has 4 atom stereocenters. The molecule has 2 fully saturated rings. The molecular formula is C27H41ClN4O6. The number of anilines is 2. The number of hydrogen-bond donors (Lipinski definition) is 2. The van der Waals surface area contributed by atoms with Crippen LogP contribution in [0.3, 0.4) is 0 Å². The smallest absolute Gasteiger partial charge is 0.412 e. The topological polar surface area (TPSA) is 127 Å². The minimum atomic E-state index is -0.628. The second-order valence-corrected chi connectivity index (χ2v) is 10.5. The van der Waals surface area contributed by atoms with Crippen LogP contribution in [0.2, 0.25) is 0 Å². The van der Waals surface area contributed by atoms with Crippen molar-refractivity contribution in [3.63, 3.8) is 0 Å². The van der Waals surface area contributed by atoms with Crippen LogP contribution in [-0.2, 0) is 14.2 Å². The number of nitrogens with two attached hydrogens (primary N) is 1. The Balaban J connectivity index is 0.000000277. The fraction of sp³-hybridized carbons (Fsp3) is 0.593. The molecular weight excluding hydrogens is 512 g/mol. The maximum absolute atomic E-state index is 12.6. The van der Waals surface area contributed by atoms with Crippen molar-refractivity contribution in [3.05, 3.63) is 57.4 Å². The van der Waals surface area contributed by atoms with E-state index in [0.29, 0.717) is 5.69 Å². The van der Waals surface area contributed by atoms with Gasteiger partial charge in [-0.1, -0.05) is 0 Å². The molecule has 4 rings (SSSR count). The second-order valence-electron chi connectivity index (χ2n) is 10.5. The van der Waals surface area contributed by atoms with Crippen LogP contribution in [0.4, 0.5) is 16.2 Å². The summed E-state index contributed by atoms with van der Waals surface area (Å²) in [4.78, 5) is 36.2. The minimum Gasteiger partial charge on any atom is -0.444 e. The van der Waals surface area contributed by atoms with E-state index in [1.54, 1.807) is 74.7 Å². The van der Waals surface area contributed by atoms with Crippen LogP contribution in [-0.4, -0.2) is 47.3 Å². The van der Waals surface area contributed by atoms with Gasteiger partial charge in [0.15, 0.2) is 0 Å². The Kier molecular flexibility index (Phi) is 11.4. The van der Waals surface area contributed by atoms with E-state index in [1.807, 2.05) is 6.07 Å². The molecule has 38 heavy (non-hydrogen) atoms. The first-order valence-electron chi connectivity index (χ1n) is 12.8. The van der Waals surface area contributed by atoms with Crippen LogP contribution in [0.1, 0.15) is 71.4 Å². The number of pyridine rings is 2. The third-order valence-corrected chi connectivity index (χ3v) is 6.77. The van der Waals surface area contributed by atoms with E-state index in [-0.39, 0.29) is 53.5 Å². The summed E-state index contributed by atoms with van der Waals surface area (Å²) < 4.78 is 19.4. The van der Waals surface area contributed by atoms with E-state index in [9.17, 15) is 14.4 Å². The molecule has 2 aliphatic carbocycles. The Morgan fingerprint density at radius 3 is 1.89 bits per heavy atom. The fourth-order valence-electron chi connectivity index (χ4n) is 5.07. The van der Waals surface area contributed by atoms with Crippen LogP contribution >= 0.6 is 12.4 Å². The lowest BCUT2D eigenvalue weighted by Gasteiger charge is -2.22. The maximum Gasteiger partial charge on any atom is 0.412 e. The Morgan fingerprint density at radius 1 is 0.895 bits per heavy atom. The van der Waals surface area contributed by atoms with Crippen molar-refractivity contribution in [3.8, 4) is 0 Å². The van der Waals surface area contributed by atoms with E-state index >= 15 is 0 Å².